The van der Waals surface area contributed by atoms with Gasteiger partial charge in [-0.05, 0) is 86.6 Å². The van der Waals surface area contributed by atoms with E-state index in [1.165, 1.54) is 11.8 Å². The Labute approximate surface area is 492 Å². The number of amides is 8. The number of hydrogen-bond acceptors (Lipinski definition) is 14. The van der Waals surface area contributed by atoms with Gasteiger partial charge in [-0.2, -0.15) is 0 Å². The van der Waals surface area contributed by atoms with Crippen molar-refractivity contribution >= 4 is 71.0 Å². The molecule has 1 aliphatic rings. The molecule has 1 saturated heterocycles. The number of carboxylic acid groups (broad SMARTS) is 2. The molecular weight excluding hydrogens is 1110 g/mol. The molecule has 1 fully saturated rings. The summed E-state index contributed by atoms with van der Waals surface area (Å²) in [6.07, 6.45) is 3.34. The Kier molecular flexibility index (Phi) is 27.4. The van der Waals surface area contributed by atoms with Crippen molar-refractivity contribution in [3.8, 4) is 11.1 Å². The first kappa shape index (κ1) is 69.2. The lowest BCUT2D eigenvalue weighted by Crippen LogP contribution is -2.56. The first-order valence-electron chi connectivity index (χ1n) is 28.1. The Balaban J connectivity index is 1.18. The molecule has 3 aromatic rings. The number of aliphatic hydroxyl groups excluding tert-OH is 1. The van der Waals surface area contributed by atoms with Crippen molar-refractivity contribution in [2.45, 2.75) is 154 Å². The molecule has 0 saturated carbocycles. The Hall–Kier alpha value is -7.29. The van der Waals surface area contributed by atoms with Crippen LogP contribution in [0.15, 0.2) is 60.8 Å². The third-order valence-corrected chi connectivity index (χ3v) is 15.4. The van der Waals surface area contributed by atoms with Crippen LogP contribution < -0.4 is 38.1 Å². The molecule has 8 amide bonds. The fourth-order valence-electron chi connectivity index (χ4n) is 9.47. The van der Waals surface area contributed by atoms with E-state index in [-0.39, 0.29) is 81.9 Å². The first-order chi connectivity index (χ1) is 39.6. The largest absolute Gasteiger partial charge is 0.480 e. The zero-order chi connectivity index (χ0) is 62.4. The van der Waals surface area contributed by atoms with Gasteiger partial charge in [0.15, 0.2) is 0 Å². The van der Waals surface area contributed by atoms with E-state index < -0.39 is 124 Å². The number of carboxylic acids is 2. The van der Waals surface area contributed by atoms with Crippen LogP contribution in [-0.4, -0.2) is 163 Å². The molecule has 462 valence electrons. The maximum atomic E-state index is 15.2. The fourth-order valence-corrected chi connectivity index (χ4v) is 10.6. The lowest BCUT2D eigenvalue weighted by Gasteiger charge is -2.41. The minimum Gasteiger partial charge on any atom is -0.480 e. The monoisotopic (exact) mass is 1200 g/mol. The van der Waals surface area contributed by atoms with Crippen molar-refractivity contribution in [2.24, 2.45) is 22.8 Å². The van der Waals surface area contributed by atoms with Crippen LogP contribution in [0.4, 0.5) is 8.78 Å². The van der Waals surface area contributed by atoms with Gasteiger partial charge in [-0.15, -0.1) is 11.8 Å². The van der Waals surface area contributed by atoms with Gasteiger partial charge in [0.05, 0.1) is 17.3 Å². The van der Waals surface area contributed by atoms with Crippen molar-refractivity contribution in [1.29, 1.82) is 0 Å². The van der Waals surface area contributed by atoms with E-state index in [4.69, 9.17) is 16.6 Å². The van der Waals surface area contributed by atoms with Crippen LogP contribution >= 0.6 is 11.8 Å². The van der Waals surface area contributed by atoms with Crippen molar-refractivity contribution in [3.05, 3.63) is 83.7 Å². The molecule has 0 bridgehead atoms. The molecule has 84 heavy (non-hydrogen) atoms. The zero-order valence-corrected chi connectivity index (χ0v) is 49.3. The quantitative estimate of drug-likeness (QED) is 0.0299. The smallest absolute Gasteiger partial charge is 0.326 e. The summed E-state index contributed by atoms with van der Waals surface area (Å²) in [5.41, 5.74) is 13.0. The molecular formula is C58H82F2N10O13S. The molecule has 0 radical (unpaired) electrons. The highest BCUT2D eigenvalue weighted by Gasteiger charge is 2.40. The summed E-state index contributed by atoms with van der Waals surface area (Å²) < 4.78 is 31.4. The number of unbranched alkanes of at least 4 members (excludes halogenated alkanes) is 3. The number of carbonyl (C=O) groups is 10. The normalized spacial score (nSPS) is 15.6. The Bertz CT molecular complexity index is 2780. The molecule has 0 spiro atoms. The molecule has 1 aromatic heterocycles. The lowest BCUT2D eigenvalue weighted by molar-refractivity contribution is -0.142. The van der Waals surface area contributed by atoms with Gasteiger partial charge < -0.3 is 62.8 Å². The van der Waals surface area contributed by atoms with Crippen LogP contribution in [0.5, 0.6) is 0 Å². The van der Waals surface area contributed by atoms with Crippen LogP contribution in [0.2, 0.25) is 0 Å². The highest BCUT2D eigenvalue weighted by Crippen LogP contribution is 2.41. The Morgan fingerprint density at radius 1 is 0.774 bits per heavy atom. The summed E-state index contributed by atoms with van der Waals surface area (Å²) in [6, 6.07) is 7.63. The summed E-state index contributed by atoms with van der Waals surface area (Å²) in [7, 11) is 0. The third-order valence-electron chi connectivity index (χ3n) is 14.1. The van der Waals surface area contributed by atoms with Crippen LogP contribution in [0.25, 0.3) is 11.1 Å². The molecule has 7 atom stereocenters. The highest BCUT2D eigenvalue weighted by molar-refractivity contribution is 8.00. The van der Waals surface area contributed by atoms with E-state index >= 15 is 4.39 Å². The van der Waals surface area contributed by atoms with Crippen molar-refractivity contribution in [2.75, 3.05) is 38.5 Å². The number of aliphatic hydroxyl groups is 1. The number of imide groups is 1. The van der Waals surface area contributed by atoms with E-state index in [9.17, 15) is 62.5 Å². The van der Waals surface area contributed by atoms with Gasteiger partial charge in [0.2, 0.25) is 47.3 Å². The number of aromatic nitrogens is 1. The minimum absolute atomic E-state index is 0.0154. The zero-order valence-electron chi connectivity index (χ0n) is 48.5. The summed E-state index contributed by atoms with van der Waals surface area (Å²) >= 11 is 1.03. The van der Waals surface area contributed by atoms with E-state index in [0.717, 1.165) is 40.4 Å². The number of nitrogens with one attached hydrogen (secondary N) is 5. The molecule has 23 nitrogen and oxygen atoms in total. The SMILES string of the molecule is CC(C)[C@H](NC(=O)CCCCCN1C(=O)CC(SC[C@H](N)C(=O)O)C1=O)C(=O)N[C@@H](C)C(=O)N[C@@H](CCCCNC(=O)CCNC(=O)[C@@H](N)CCN(C(=O)CO)[C@@H](c1cc(-c2cc(F)ccc2F)cn1Cc1ccccc1)C(C)(C)C)C(=O)O. The van der Waals surface area contributed by atoms with E-state index in [0.29, 0.717) is 43.5 Å². The fraction of sp³-hybridized carbons (Fsp3) is 0.552. The number of aliphatic carboxylic acids is 2. The number of nitrogens with zero attached hydrogens (tertiary/aromatic N) is 3. The van der Waals surface area contributed by atoms with Gasteiger partial charge >= 0.3 is 11.9 Å². The van der Waals surface area contributed by atoms with Crippen molar-refractivity contribution in [1.82, 2.24) is 41.0 Å². The summed E-state index contributed by atoms with van der Waals surface area (Å²) in [5.74, 6) is -8.57. The predicted octanol–water partition coefficient (Wildman–Crippen LogP) is 2.95. The van der Waals surface area contributed by atoms with Gasteiger partial charge in [-0.3, -0.25) is 48.1 Å². The number of thioether (sulfide) groups is 1. The summed E-state index contributed by atoms with van der Waals surface area (Å²) in [4.78, 5) is 129. The number of carbonyl (C=O) groups excluding carboxylic acids is 8. The van der Waals surface area contributed by atoms with Crippen LogP contribution in [0.1, 0.15) is 123 Å². The molecule has 2 aromatic carbocycles. The molecule has 0 aliphatic carbocycles. The molecule has 2 heterocycles. The third kappa shape index (κ3) is 21.4. The van der Waals surface area contributed by atoms with Crippen LogP contribution in [0.3, 0.4) is 0 Å². The molecule has 1 aliphatic heterocycles. The van der Waals surface area contributed by atoms with Gasteiger partial charge in [0.1, 0.15) is 42.4 Å². The lowest BCUT2D eigenvalue weighted by atomic mass is 9.82. The van der Waals surface area contributed by atoms with Crippen LogP contribution in [0, 0.1) is 23.0 Å². The number of likely N-dealkylation sites (tertiary alicyclic amines) is 1. The Morgan fingerprint density at radius 2 is 1.48 bits per heavy atom. The second-order valence-electron chi connectivity index (χ2n) is 22.3. The molecule has 26 heteroatoms. The Morgan fingerprint density at radius 3 is 2.12 bits per heavy atom. The summed E-state index contributed by atoms with van der Waals surface area (Å²) in [6.45, 7) is 9.98. The number of nitrogens with two attached hydrogens (primary N) is 2. The molecule has 1 unspecified atom stereocenters. The number of halogens is 2. The maximum Gasteiger partial charge on any atom is 0.326 e. The van der Waals surface area contributed by atoms with Crippen LogP contribution in [-0.2, 0) is 54.5 Å². The van der Waals surface area contributed by atoms with E-state index in [1.54, 1.807) is 26.1 Å². The van der Waals surface area contributed by atoms with Gasteiger partial charge in [-0.1, -0.05) is 71.4 Å². The average Bonchev–Trinajstić information content (AvgIpc) is 3.02. The van der Waals surface area contributed by atoms with Gasteiger partial charge in [0.25, 0.3) is 0 Å². The second kappa shape index (κ2) is 33.3. The van der Waals surface area contributed by atoms with E-state index in [2.05, 4.69) is 26.6 Å². The standard InChI is InChI=1S/C58H82F2N10O13S/c1-34(2)50(67-47(73)18-11-8-14-25-70-48(74)29-45(55(70)79)84-33-42(62)56(80)81)54(78)65-35(3)52(76)66-43(57(82)83)17-12-13-23-63-46(72)21-24-64-53(77)41(61)22-26-69(49(75)32-71)51(58(4,5)6)44-27-37(39-28-38(59)19-20-40(39)60)31-68(44)30-36-15-9-7-10-16-36/h7,9-10,15-16,19-20,27-28,31,34-35,41-43,45,50-51,71H,8,11-14,17-18,21-26,29-30,32-33,61-62H2,1-6H3,(H,63,72)(H,64,77)(H,65,78)(H,66,76)(H,67,73)(H,80,81)(H,82,83)/t35-,41-,42-,43-,45?,50-,51-/m0/s1. The second-order valence-corrected chi connectivity index (χ2v) is 23.5. The average molecular weight is 1200 g/mol. The van der Waals surface area contributed by atoms with Crippen molar-refractivity contribution < 1.29 is 72.0 Å². The number of benzene rings is 2. The topological polar surface area (TPSA) is 355 Å². The molecule has 12 N–H and O–H groups in total. The first-order valence-corrected chi connectivity index (χ1v) is 29.1. The number of rotatable bonds is 35. The van der Waals surface area contributed by atoms with Crippen molar-refractivity contribution in [3.63, 3.8) is 0 Å². The highest BCUT2D eigenvalue weighted by atomic mass is 32.2. The maximum absolute atomic E-state index is 15.2. The van der Waals surface area contributed by atoms with E-state index in [1.807, 2.05) is 55.7 Å². The molecule has 4 rings (SSSR count). The number of hydrogen-bond donors (Lipinski definition) is 10. The minimum atomic E-state index is -1.33. The summed E-state index contributed by atoms with van der Waals surface area (Å²) in [5, 5.41) is 41.3. The van der Waals surface area contributed by atoms with Gasteiger partial charge in [0, 0.05) is 80.8 Å². The predicted molar refractivity (Wildman–Crippen MR) is 309 cm³/mol. The van der Waals surface area contributed by atoms with Gasteiger partial charge in [-0.25, -0.2) is 13.6 Å².